The molecule has 0 aliphatic rings. The quantitative estimate of drug-likeness (QED) is 0.187. The fourth-order valence-corrected chi connectivity index (χ4v) is 4.86. The molecule has 0 atom stereocenters. The molecular weight excluding hydrogens is 581 g/mol. The van der Waals surface area contributed by atoms with Gasteiger partial charge in [-0.05, 0) is 54.7 Å². The van der Waals surface area contributed by atoms with Crippen LogP contribution >= 0.6 is 0 Å². The first-order valence-corrected chi connectivity index (χ1v) is 13.7. The van der Waals surface area contributed by atoms with Crippen LogP contribution in [0.3, 0.4) is 0 Å². The molecule has 5 aromatic rings. The minimum absolute atomic E-state index is 0. The number of ether oxygens (including phenoxy) is 1. The largest absolute Gasteiger partial charge is 0.491 e. The van der Waals surface area contributed by atoms with Crippen LogP contribution < -0.4 is 16.1 Å². The summed E-state index contributed by atoms with van der Waals surface area (Å²) in [6.07, 6.45) is -1.96. The molecule has 11 heteroatoms. The Morgan fingerprint density at radius 1 is 0.930 bits per heavy atom. The van der Waals surface area contributed by atoms with Gasteiger partial charge in [0.05, 0.1) is 18.2 Å². The normalized spacial score (nSPS) is 11.1. The Labute approximate surface area is 289 Å². The Balaban J connectivity index is 0.00000423. The van der Waals surface area contributed by atoms with Gasteiger partial charge in [-0.1, -0.05) is 72.7 Å². The molecule has 1 radical (unpaired) electrons. The molecule has 2 heterocycles. The smallest absolute Gasteiger partial charge is 0.439 e. The van der Waals surface area contributed by atoms with Crippen LogP contribution in [0.25, 0.3) is 33.6 Å². The van der Waals surface area contributed by atoms with E-state index in [0.717, 1.165) is 16.7 Å². The van der Waals surface area contributed by atoms with Crippen molar-refractivity contribution in [1.82, 2.24) is 19.7 Å². The van der Waals surface area contributed by atoms with Crippen LogP contribution in [-0.4, -0.2) is 77.2 Å². The molecular formula is C32H30F2KN4O4. The van der Waals surface area contributed by atoms with Crippen molar-refractivity contribution in [3.05, 3.63) is 111 Å². The van der Waals surface area contributed by atoms with Crippen LogP contribution in [0.4, 0.5) is 8.78 Å². The van der Waals surface area contributed by atoms with Gasteiger partial charge in [-0.3, -0.25) is 18.9 Å². The zero-order valence-electron chi connectivity index (χ0n) is 24.4. The first-order chi connectivity index (χ1) is 20.2. The maximum absolute atomic E-state index is 14.2. The van der Waals surface area contributed by atoms with Gasteiger partial charge in [-0.25, -0.2) is 18.6 Å². The zero-order valence-corrected chi connectivity index (χ0v) is 27.6. The van der Waals surface area contributed by atoms with Crippen LogP contribution in [0.2, 0.25) is 0 Å². The summed E-state index contributed by atoms with van der Waals surface area (Å²) in [5, 5.41) is 3.80. The van der Waals surface area contributed by atoms with Gasteiger partial charge < -0.3 is 4.74 Å². The number of aryl methyl sites for hydroxylation is 1. The van der Waals surface area contributed by atoms with Crippen molar-refractivity contribution in [3.8, 4) is 39.4 Å². The minimum atomic E-state index is -2.91. The number of aromatic amines is 1. The summed E-state index contributed by atoms with van der Waals surface area (Å²) in [5.41, 5.74) is 2.37. The van der Waals surface area contributed by atoms with Crippen molar-refractivity contribution in [3.63, 3.8) is 0 Å². The summed E-state index contributed by atoms with van der Waals surface area (Å²) < 4.78 is 40.3. The van der Waals surface area contributed by atoms with Crippen LogP contribution in [0.1, 0.15) is 50.7 Å². The monoisotopic (exact) mass is 611 g/mol. The molecule has 1 N–H and O–H groups in total. The van der Waals surface area contributed by atoms with E-state index in [4.69, 9.17) is 4.74 Å². The van der Waals surface area contributed by atoms with E-state index in [9.17, 15) is 18.4 Å². The van der Waals surface area contributed by atoms with E-state index in [1.165, 1.54) is 4.57 Å². The number of rotatable bonds is 10. The Morgan fingerprint density at radius 2 is 1.58 bits per heavy atom. The number of hydrogen-bond donors (Lipinski definition) is 1. The van der Waals surface area contributed by atoms with Crippen LogP contribution in [0.5, 0.6) is 5.75 Å². The van der Waals surface area contributed by atoms with Crippen LogP contribution in [0, 0.1) is 0 Å². The molecule has 0 spiro atoms. The van der Waals surface area contributed by atoms with Crippen molar-refractivity contribution in [2.45, 2.75) is 52.7 Å². The van der Waals surface area contributed by atoms with E-state index < -0.39 is 23.4 Å². The van der Waals surface area contributed by atoms with E-state index >= 15 is 0 Å². The summed E-state index contributed by atoms with van der Waals surface area (Å²) in [6, 6.07) is 21.5. The van der Waals surface area contributed by atoms with Gasteiger partial charge in [0, 0.05) is 63.4 Å². The summed E-state index contributed by atoms with van der Waals surface area (Å²) in [4.78, 5) is 32.2. The SMILES string of the molecule is CCCc1nc(C(F)F)c(-c2ccc(OC(C)C)cc2)c(=O)n1Cc1ccc(-c2ccccc2-c2noc(=O)[nH]2)cc1.[K]. The van der Waals surface area contributed by atoms with Gasteiger partial charge in [0.15, 0.2) is 5.82 Å². The molecule has 0 amide bonds. The third kappa shape index (κ3) is 7.47. The predicted molar refractivity (Wildman–Crippen MR) is 162 cm³/mol. The van der Waals surface area contributed by atoms with E-state index in [0.29, 0.717) is 41.4 Å². The van der Waals surface area contributed by atoms with E-state index in [1.807, 2.05) is 69.3 Å². The summed E-state index contributed by atoms with van der Waals surface area (Å²) >= 11 is 0. The number of benzene rings is 3. The van der Waals surface area contributed by atoms with Crippen LogP contribution in [-0.2, 0) is 13.0 Å². The summed E-state index contributed by atoms with van der Waals surface area (Å²) in [7, 11) is 0. The minimum Gasteiger partial charge on any atom is -0.491 e. The predicted octanol–water partition coefficient (Wildman–Crippen LogP) is 6.27. The van der Waals surface area contributed by atoms with Gasteiger partial charge in [0.2, 0.25) is 0 Å². The number of aromatic nitrogens is 4. The molecule has 0 aliphatic carbocycles. The molecule has 0 aliphatic heterocycles. The fraction of sp³-hybridized carbons (Fsp3) is 0.250. The third-order valence-corrected chi connectivity index (χ3v) is 6.70. The maximum Gasteiger partial charge on any atom is 0.439 e. The molecule has 0 saturated carbocycles. The molecule has 0 bridgehead atoms. The van der Waals surface area contributed by atoms with Crippen molar-refractivity contribution >= 4 is 51.4 Å². The van der Waals surface area contributed by atoms with E-state index in [-0.39, 0.29) is 69.6 Å². The average Bonchev–Trinajstić information content (AvgIpc) is 3.41. The maximum atomic E-state index is 14.2. The Kier molecular flexibility index (Phi) is 11.0. The number of alkyl halides is 2. The van der Waals surface area contributed by atoms with Gasteiger partial charge in [0.1, 0.15) is 17.3 Å². The standard InChI is InChI=1S/C32H30F2N4O4.K/c1-4-7-26-35-28(29(33)34)27(22-14-16-23(17-15-22)41-19(2)3)31(39)38(26)18-20-10-12-21(13-11-20)24-8-5-6-9-25(24)30-36-32(40)42-37-30;/h5-6,8-17,19,29H,4,7,18H2,1-3H3,(H,36,37,40);. The number of halogens is 2. The van der Waals surface area contributed by atoms with Gasteiger partial charge in [-0.2, -0.15) is 0 Å². The van der Waals surface area contributed by atoms with Gasteiger partial charge in [0.25, 0.3) is 12.0 Å². The van der Waals surface area contributed by atoms with Crippen molar-refractivity contribution in [2.75, 3.05) is 0 Å². The fourth-order valence-electron chi connectivity index (χ4n) is 4.86. The average molecular weight is 612 g/mol. The van der Waals surface area contributed by atoms with Crippen LogP contribution in [0.15, 0.2) is 86.9 Å². The first kappa shape index (κ1) is 32.7. The van der Waals surface area contributed by atoms with Crippen molar-refractivity contribution in [2.24, 2.45) is 0 Å². The molecule has 0 fully saturated rings. The molecule has 5 rings (SSSR count). The van der Waals surface area contributed by atoms with Crippen molar-refractivity contribution in [1.29, 1.82) is 0 Å². The summed E-state index contributed by atoms with van der Waals surface area (Å²) in [6.45, 7) is 5.85. The number of hydrogen-bond acceptors (Lipinski definition) is 6. The Bertz CT molecular complexity index is 1800. The first-order valence-electron chi connectivity index (χ1n) is 13.7. The molecule has 2 aromatic heterocycles. The third-order valence-electron chi connectivity index (χ3n) is 6.70. The Hall–Kier alpha value is -3.22. The Morgan fingerprint density at radius 3 is 2.16 bits per heavy atom. The second kappa shape index (κ2) is 14.5. The van der Waals surface area contributed by atoms with E-state index in [2.05, 4.69) is 19.6 Å². The number of nitrogens with zero attached hydrogens (tertiary/aromatic N) is 3. The number of H-pyrrole nitrogens is 1. The molecule has 217 valence electrons. The molecule has 3 aromatic carbocycles. The zero-order chi connectivity index (χ0) is 29.8. The number of nitrogens with one attached hydrogen (secondary N) is 1. The molecule has 43 heavy (non-hydrogen) atoms. The summed E-state index contributed by atoms with van der Waals surface area (Å²) in [5.74, 6) is 0.566. The van der Waals surface area contributed by atoms with Gasteiger partial charge >= 0.3 is 5.76 Å². The topological polar surface area (TPSA) is 103 Å². The molecule has 0 unspecified atom stereocenters. The second-order valence-electron chi connectivity index (χ2n) is 10.1. The second-order valence-corrected chi connectivity index (χ2v) is 10.1. The molecule has 8 nitrogen and oxygen atoms in total. The van der Waals surface area contributed by atoms with Crippen molar-refractivity contribution < 1.29 is 18.0 Å². The molecule has 0 saturated heterocycles. The van der Waals surface area contributed by atoms with Gasteiger partial charge in [-0.15, -0.1) is 0 Å². The van der Waals surface area contributed by atoms with E-state index in [1.54, 1.807) is 24.3 Å².